The number of aryl methyl sites for hydroxylation is 2. The van der Waals surface area contributed by atoms with Crippen LogP contribution in [0.4, 0.5) is 5.69 Å². The highest BCUT2D eigenvalue weighted by Gasteiger charge is 2.11. The van der Waals surface area contributed by atoms with E-state index < -0.39 is 0 Å². The summed E-state index contributed by atoms with van der Waals surface area (Å²) in [7, 11) is 1.67. The highest BCUT2D eigenvalue weighted by molar-refractivity contribution is 5.52. The molecule has 0 spiro atoms. The van der Waals surface area contributed by atoms with E-state index in [2.05, 4.69) is 49.2 Å². The van der Waals surface area contributed by atoms with E-state index in [1.54, 1.807) is 7.11 Å². The van der Waals surface area contributed by atoms with Crippen molar-refractivity contribution >= 4 is 5.69 Å². The number of methoxy groups -OCH3 is 1. The van der Waals surface area contributed by atoms with Gasteiger partial charge in [-0.1, -0.05) is 53.8 Å². The third-order valence-electron chi connectivity index (χ3n) is 4.27. The molecule has 0 aliphatic carbocycles. The van der Waals surface area contributed by atoms with Gasteiger partial charge < -0.3 is 10.1 Å². The summed E-state index contributed by atoms with van der Waals surface area (Å²) >= 11 is 0. The van der Waals surface area contributed by atoms with Crippen molar-refractivity contribution in [2.24, 2.45) is 0 Å². The van der Waals surface area contributed by atoms with E-state index in [9.17, 15) is 0 Å². The van der Waals surface area contributed by atoms with Gasteiger partial charge in [0.05, 0.1) is 7.11 Å². The van der Waals surface area contributed by atoms with Gasteiger partial charge in [0.25, 0.3) is 0 Å². The SMILES string of the molecule is COc1ccc(N[C@@H](C#Cc2ccccc2)c2ccc(C)cc2C)cc1. The third-order valence-corrected chi connectivity index (χ3v) is 4.27. The molecule has 0 bridgehead atoms. The van der Waals surface area contributed by atoms with Gasteiger partial charge in [-0.15, -0.1) is 0 Å². The Labute approximate surface area is 155 Å². The first-order valence-electron chi connectivity index (χ1n) is 8.70. The molecule has 26 heavy (non-hydrogen) atoms. The first-order valence-corrected chi connectivity index (χ1v) is 8.70. The first kappa shape index (κ1) is 17.6. The van der Waals surface area contributed by atoms with Crippen LogP contribution in [0.15, 0.2) is 72.8 Å². The smallest absolute Gasteiger partial charge is 0.119 e. The van der Waals surface area contributed by atoms with E-state index in [4.69, 9.17) is 4.74 Å². The molecule has 0 aliphatic heterocycles. The van der Waals surface area contributed by atoms with Crippen LogP contribution < -0.4 is 10.1 Å². The number of nitrogens with one attached hydrogen (secondary N) is 1. The van der Waals surface area contributed by atoms with Crippen molar-refractivity contribution in [3.8, 4) is 17.6 Å². The maximum absolute atomic E-state index is 5.24. The minimum Gasteiger partial charge on any atom is -0.497 e. The van der Waals surface area contributed by atoms with E-state index in [0.717, 1.165) is 17.0 Å². The van der Waals surface area contributed by atoms with Gasteiger partial charge in [-0.2, -0.15) is 0 Å². The number of anilines is 1. The van der Waals surface area contributed by atoms with Gasteiger partial charge in [0.1, 0.15) is 11.8 Å². The average Bonchev–Trinajstić information content (AvgIpc) is 2.67. The Morgan fingerprint density at radius 3 is 2.27 bits per heavy atom. The van der Waals surface area contributed by atoms with Gasteiger partial charge in [0, 0.05) is 11.3 Å². The fourth-order valence-electron chi connectivity index (χ4n) is 2.87. The summed E-state index contributed by atoms with van der Waals surface area (Å²) in [6.45, 7) is 4.24. The lowest BCUT2D eigenvalue weighted by atomic mass is 9.99. The Balaban J connectivity index is 1.94. The van der Waals surface area contributed by atoms with Crippen LogP contribution in [-0.2, 0) is 0 Å². The standard InChI is InChI=1S/C24H23NO/c1-18-9-15-23(19(2)17-18)24(16-10-20-7-5-4-6-8-20)25-21-11-13-22(26-3)14-12-21/h4-9,11-15,17,24-25H,1-3H3/t24-/m0/s1. The van der Waals surface area contributed by atoms with Gasteiger partial charge in [-0.05, 0) is 61.4 Å². The lowest BCUT2D eigenvalue weighted by Crippen LogP contribution is -2.10. The average molecular weight is 341 g/mol. The molecule has 3 aromatic rings. The molecular weight excluding hydrogens is 318 g/mol. The highest BCUT2D eigenvalue weighted by atomic mass is 16.5. The fourth-order valence-corrected chi connectivity index (χ4v) is 2.87. The predicted octanol–water partition coefficient (Wildman–Crippen LogP) is 5.52. The number of hydrogen-bond donors (Lipinski definition) is 1. The summed E-state index contributed by atoms with van der Waals surface area (Å²) in [6, 6.07) is 24.4. The van der Waals surface area contributed by atoms with Gasteiger partial charge in [-0.25, -0.2) is 0 Å². The minimum absolute atomic E-state index is 0.0933. The van der Waals surface area contributed by atoms with Crippen molar-refractivity contribution in [2.45, 2.75) is 19.9 Å². The molecule has 1 N–H and O–H groups in total. The third kappa shape index (κ3) is 4.46. The molecule has 0 amide bonds. The molecule has 0 aromatic heterocycles. The van der Waals surface area contributed by atoms with Gasteiger partial charge in [-0.3, -0.25) is 0 Å². The van der Waals surface area contributed by atoms with Crippen LogP contribution in [0.1, 0.15) is 28.3 Å². The molecule has 0 heterocycles. The molecule has 2 nitrogen and oxygen atoms in total. The second kappa shape index (κ2) is 8.27. The van der Waals surface area contributed by atoms with Crippen molar-refractivity contribution in [1.29, 1.82) is 0 Å². The van der Waals surface area contributed by atoms with E-state index in [1.165, 1.54) is 16.7 Å². The molecule has 0 fully saturated rings. The lowest BCUT2D eigenvalue weighted by molar-refractivity contribution is 0.415. The topological polar surface area (TPSA) is 21.3 Å². The maximum atomic E-state index is 5.24. The molecule has 0 saturated heterocycles. The zero-order valence-corrected chi connectivity index (χ0v) is 15.4. The Morgan fingerprint density at radius 1 is 0.885 bits per heavy atom. The maximum Gasteiger partial charge on any atom is 0.119 e. The molecule has 0 radical (unpaired) electrons. The van der Waals surface area contributed by atoms with Gasteiger partial charge in [0.15, 0.2) is 0 Å². The van der Waals surface area contributed by atoms with E-state index in [-0.39, 0.29) is 6.04 Å². The second-order valence-electron chi connectivity index (χ2n) is 6.30. The summed E-state index contributed by atoms with van der Waals surface area (Å²) in [4.78, 5) is 0. The summed E-state index contributed by atoms with van der Waals surface area (Å²) in [6.07, 6.45) is 0. The Bertz CT molecular complexity index is 918. The van der Waals surface area contributed by atoms with Crippen molar-refractivity contribution < 1.29 is 4.74 Å². The molecule has 3 rings (SSSR count). The van der Waals surface area contributed by atoms with Crippen molar-refractivity contribution in [2.75, 3.05) is 12.4 Å². The molecule has 3 aromatic carbocycles. The molecule has 0 aliphatic rings. The summed E-state index contributed by atoms with van der Waals surface area (Å²) in [5.74, 6) is 7.53. The number of ether oxygens (including phenoxy) is 1. The summed E-state index contributed by atoms with van der Waals surface area (Å²) in [5, 5.41) is 3.55. The van der Waals surface area contributed by atoms with E-state index >= 15 is 0 Å². The van der Waals surface area contributed by atoms with Crippen LogP contribution in [0.2, 0.25) is 0 Å². The molecule has 130 valence electrons. The fraction of sp³-hybridized carbons (Fsp3) is 0.167. The van der Waals surface area contributed by atoms with Crippen LogP contribution in [-0.4, -0.2) is 7.11 Å². The van der Waals surface area contributed by atoms with E-state index in [1.807, 2.05) is 54.6 Å². The van der Waals surface area contributed by atoms with Crippen LogP contribution >= 0.6 is 0 Å². The number of benzene rings is 3. The first-order chi connectivity index (χ1) is 12.7. The van der Waals surface area contributed by atoms with E-state index in [0.29, 0.717) is 0 Å². The monoisotopic (exact) mass is 341 g/mol. The summed E-state index contributed by atoms with van der Waals surface area (Å²) in [5.41, 5.74) is 5.70. The Morgan fingerprint density at radius 2 is 1.62 bits per heavy atom. The van der Waals surface area contributed by atoms with Gasteiger partial charge in [0.2, 0.25) is 0 Å². The molecule has 2 heteroatoms. The highest BCUT2D eigenvalue weighted by Crippen LogP contribution is 2.24. The Kier molecular flexibility index (Phi) is 5.61. The van der Waals surface area contributed by atoms with Crippen molar-refractivity contribution in [3.63, 3.8) is 0 Å². The van der Waals surface area contributed by atoms with Crippen LogP contribution in [0.5, 0.6) is 5.75 Å². The molecule has 0 unspecified atom stereocenters. The van der Waals surface area contributed by atoms with Gasteiger partial charge >= 0.3 is 0 Å². The normalized spacial score (nSPS) is 11.2. The van der Waals surface area contributed by atoms with Crippen LogP contribution in [0.3, 0.4) is 0 Å². The zero-order valence-electron chi connectivity index (χ0n) is 15.4. The molecule has 1 atom stereocenters. The quantitative estimate of drug-likeness (QED) is 0.631. The zero-order chi connectivity index (χ0) is 18.4. The molecule has 0 saturated carbocycles. The number of rotatable bonds is 4. The van der Waals surface area contributed by atoms with Crippen molar-refractivity contribution in [3.05, 3.63) is 95.1 Å². The number of hydrogen-bond acceptors (Lipinski definition) is 2. The lowest BCUT2D eigenvalue weighted by Gasteiger charge is -2.18. The molecular formula is C24H23NO. The van der Waals surface area contributed by atoms with Crippen LogP contribution in [0.25, 0.3) is 0 Å². The minimum atomic E-state index is -0.0933. The Hall–Kier alpha value is -3.18. The summed E-state index contributed by atoms with van der Waals surface area (Å²) < 4.78 is 5.24. The van der Waals surface area contributed by atoms with Crippen LogP contribution in [0, 0.1) is 25.7 Å². The largest absolute Gasteiger partial charge is 0.497 e. The second-order valence-corrected chi connectivity index (χ2v) is 6.30. The van der Waals surface area contributed by atoms with Crippen molar-refractivity contribution in [1.82, 2.24) is 0 Å². The predicted molar refractivity (Wildman–Crippen MR) is 109 cm³/mol.